The Morgan fingerprint density at radius 2 is 1.94 bits per heavy atom. The Hall–Kier alpha value is -2.40. The van der Waals surface area contributed by atoms with Crippen molar-refractivity contribution in [2.75, 3.05) is 20.3 Å². The molecule has 0 amide bonds. The first-order chi connectivity index (χ1) is 16.0. The monoisotopic (exact) mass is 481 g/mol. The molecule has 2 unspecified atom stereocenters. The fourth-order valence-corrected chi connectivity index (χ4v) is 3.35. The highest BCUT2D eigenvalue weighted by atomic mass is 16.7. The number of azide groups is 1. The lowest BCUT2D eigenvalue weighted by Gasteiger charge is -2.43. The number of rotatable bonds is 11. The third-order valence-electron chi connectivity index (χ3n) is 4.76. The van der Waals surface area contributed by atoms with Gasteiger partial charge in [0, 0.05) is 4.91 Å². The highest BCUT2D eigenvalue weighted by Crippen LogP contribution is 2.28. The minimum absolute atomic E-state index is 0.0143. The molecule has 11 heteroatoms. The molecule has 0 spiro atoms. The van der Waals surface area contributed by atoms with Gasteiger partial charge in [0.25, 0.3) is 0 Å². The van der Waals surface area contributed by atoms with Crippen LogP contribution in [0.25, 0.3) is 10.4 Å². The second-order valence-corrected chi connectivity index (χ2v) is 9.14. The predicted octanol–water partition coefficient (Wildman–Crippen LogP) is 3.13. The molecule has 1 aromatic rings. The minimum atomic E-state index is -1.25. The summed E-state index contributed by atoms with van der Waals surface area (Å²) >= 11 is 0. The fourth-order valence-electron chi connectivity index (χ4n) is 3.35. The largest absolute Gasteiger partial charge is 0.497 e. The van der Waals surface area contributed by atoms with Gasteiger partial charge in [0.2, 0.25) is 0 Å². The molecule has 1 aliphatic heterocycles. The van der Waals surface area contributed by atoms with E-state index in [0.29, 0.717) is 0 Å². The molecule has 1 aliphatic rings. The van der Waals surface area contributed by atoms with Crippen molar-refractivity contribution in [3.05, 3.63) is 40.3 Å². The van der Waals surface area contributed by atoms with Crippen LogP contribution in [-0.2, 0) is 35.1 Å². The summed E-state index contributed by atoms with van der Waals surface area (Å²) < 4.78 is 33.5. The maximum absolute atomic E-state index is 12.2. The molecule has 0 aromatic heterocycles. The van der Waals surface area contributed by atoms with Gasteiger partial charge in [-0.25, -0.2) is 4.79 Å². The maximum atomic E-state index is 12.2. The van der Waals surface area contributed by atoms with E-state index in [1.807, 2.05) is 24.3 Å². The van der Waals surface area contributed by atoms with E-state index in [1.54, 1.807) is 41.7 Å². The van der Waals surface area contributed by atoms with E-state index in [9.17, 15) is 9.90 Å². The minimum Gasteiger partial charge on any atom is -0.497 e. The van der Waals surface area contributed by atoms with Crippen LogP contribution in [0.5, 0.6) is 5.75 Å². The molecule has 1 fully saturated rings. The Labute approximate surface area is 199 Å². The van der Waals surface area contributed by atoms with Crippen LogP contribution < -0.4 is 4.74 Å². The summed E-state index contributed by atoms with van der Waals surface area (Å²) in [5.41, 5.74) is 9.27. The number of aliphatic hydroxyl groups excluding tert-OH is 1. The molecule has 34 heavy (non-hydrogen) atoms. The van der Waals surface area contributed by atoms with Crippen LogP contribution in [0, 0.1) is 0 Å². The average molecular weight is 482 g/mol. The van der Waals surface area contributed by atoms with Gasteiger partial charge in [-0.15, -0.1) is 0 Å². The number of carbonyl (C=O) groups is 1. The van der Waals surface area contributed by atoms with Crippen molar-refractivity contribution < 1.29 is 38.3 Å². The molecule has 1 heterocycles. The zero-order chi connectivity index (χ0) is 25.3. The molecule has 0 bridgehead atoms. The van der Waals surface area contributed by atoms with E-state index >= 15 is 0 Å². The third-order valence-corrected chi connectivity index (χ3v) is 4.76. The summed E-state index contributed by atoms with van der Waals surface area (Å²) in [5, 5.41) is 14.7. The first-order valence-corrected chi connectivity index (χ1v) is 11.1. The molecule has 1 N–H and O–H groups in total. The summed E-state index contributed by atoms with van der Waals surface area (Å²) in [5.74, 6) is 0.122. The number of esters is 1. The van der Waals surface area contributed by atoms with E-state index in [0.717, 1.165) is 11.3 Å². The van der Waals surface area contributed by atoms with Crippen molar-refractivity contribution in [2.24, 2.45) is 5.11 Å². The van der Waals surface area contributed by atoms with Gasteiger partial charge >= 0.3 is 5.97 Å². The van der Waals surface area contributed by atoms with Crippen molar-refractivity contribution in [3.8, 4) is 5.75 Å². The molecule has 190 valence electrons. The van der Waals surface area contributed by atoms with Crippen LogP contribution in [0.15, 0.2) is 29.4 Å². The van der Waals surface area contributed by atoms with Crippen LogP contribution in [-0.4, -0.2) is 73.7 Å². The van der Waals surface area contributed by atoms with E-state index in [-0.39, 0.29) is 19.3 Å². The molecule has 0 aliphatic carbocycles. The number of methoxy groups -OCH3 is 1. The molecule has 0 saturated carbocycles. The molecule has 11 nitrogen and oxygen atoms in total. The molecular formula is C23H35N3O8. The number of aliphatic hydroxyl groups is 1. The van der Waals surface area contributed by atoms with Crippen molar-refractivity contribution >= 4 is 5.97 Å². The average Bonchev–Trinajstić information content (AvgIpc) is 2.75. The highest BCUT2D eigenvalue weighted by molar-refractivity contribution is 5.71. The summed E-state index contributed by atoms with van der Waals surface area (Å²) in [6.45, 7) is 8.65. The van der Waals surface area contributed by atoms with E-state index in [1.165, 1.54) is 0 Å². The standard InChI is InChI=1S/C23H35N3O8/c1-14(2)32-22-19(25-26-24)21(31-13-18(27)34-23(3,4)5)20(28)17(33-22)12-30-11-15-7-9-16(29-6)10-8-15/h7-10,14,17,19-22,28H,11-13H2,1-6H3/t17?,19?,20-,21-,22-/m1/s1. The molecular weight excluding hydrogens is 446 g/mol. The first-order valence-electron chi connectivity index (χ1n) is 11.1. The number of hydrogen-bond acceptors (Lipinski definition) is 9. The van der Waals surface area contributed by atoms with E-state index in [4.69, 9.17) is 34.0 Å². The second kappa shape index (κ2) is 12.9. The quantitative estimate of drug-likeness (QED) is 0.220. The van der Waals surface area contributed by atoms with Gasteiger partial charge in [-0.3, -0.25) is 0 Å². The van der Waals surface area contributed by atoms with Crippen molar-refractivity contribution in [2.45, 2.75) is 83.6 Å². The normalized spacial score (nSPS) is 25.0. The Morgan fingerprint density at radius 3 is 2.50 bits per heavy atom. The van der Waals surface area contributed by atoms with Crippen molar-refractivity contribution in [3.63, 3.8) is 0 Å². The van der Waals surface area contributed by atoms with Gasteiger partial charge in [0.1, 0.15) is 42.3 Å². The predicted molar refractivity (Wildman–Crippen MR) is 122 cm³/mol. The lowest BCUT2D eigenvalue weighted by Crippen LogP contribution is -2.60. The Balaban J connectivity index is 2.10. The number of carbonyl (C=O) groups excluding carboxylic acids is 1. The molecule has 5 atom stereocenters. The first kappa shape index (κ1) is 27.8. The lowest BCUT2D eigenvalue weighted by atomic mass is 9.97. The van der Waals surface area contributed by atoms with Gasteiger partial charge < -0.3 is 33.5 Å². The van der Waals surface area contributed by atoms with Crippen molar-refractivity contribution in [1.29, 1.82) is 0 Å². The van der Waals surface area contributed by atoms with Gasteiger partial charge in [-0.1, -0.05) is 17.2 Å². The zero-order valence-electron chi connectivity index (χ0n) is 20.5. The summed E-state index contributed by atoms with van der Waals surface area (Å²) in [7, 11) is 1.59. The smallest absolute Gasteiger partial charge is 0.332 e. The number of hydrogen-bond donors (Lipinski definition) is 1. The van der Waals surface area contributed by atoms with Gasteiger partial charge in [-0.2, -0.15) is 0 Å². The van der Waals surface area contributed by atoms with Crippen LogP contribution >= 0.6 is 0 Å². The number of ether oxygens (including phenoxy) is 6. The number of nitrogens with zero attached hydrogens (tertiary/aromatic N) is 3. The number of benzene rings is 1. The van der Waals surface area contributed by atoms with Crippen LogP contribution in [0.3, 0.4) is 0 Å². The molecule has 1 aromatic carbocycles. The van der Waals surface area contributed by atoms with Crippen LogP contribution in [0.4, 0.5) is 0 Å². The van der Waals surface area contributed by atoms with E-state index in [2.05, 4.69) is 10.0 Å². The SMILES string of the molecule is COc1ccc(COCC2O[C@@H](OC(C)C)C(N=[N+]=[N-])[C@@H](OCC(=O)OC(C)(C)C)[C@@H]2O)cc1. The highest BCUT2D eigenvalue weighted by Gasteiger charge is 2.47. The Bertz CT molecular complexity index is 820. The third kappa shape index (κ3) is 8.75. The molecule has 0 radical (unpaired) electrons. The molecule has 2 rings (SSSR count). The fraction of sp³-hybridized carbons (Fsp3) is 0.696. The van der Waals surface area contributed by atoms with E-state index < -0.39 is 48.8 Å². The summed E-state index contributed by atoms with van der Waals surface area (Å²) in [4.78, 5) is 15.0. The van der Waals surface area contributed by atoms with Gasteiger partial charge in [0.05, 0.1) is 26.4 Å². The topological polar surface area (TPSA) is 141 Å². The Morgan fingerprint density at radius 1 is 1.26 bits per heavy atom. The lowest BCUT2D eigenvalue weighted by molar-refractivity contribution is -0.283. The second-order valence-electron chi connectivity index (χ2n) is 9.14. The molecule has 1 saturated heterocycles. The maximum Gasteiger partial charge on any atom is 0.332 e. The van der Waals surface area contributed by atoms with Crippen LogP contribution in [0.2, 0.25) is 0 Å². The summed E-state index contributed by atoms with van der Waals surface area (Å²) in [6.07, 6.45) is -4.44. The van der Waals surface area contributed by atoms with Gasteiger partial charge in [-0.05, 0) is 57.8 Å². The summed E-state index contributed by atoms with van der Waals surface area (Å²) in [6, 6.07) is 6.35. The van der Waals surface area contributed by atoms with Gasteiger partial charge in [0.15, 0.2) is 6.29 Å². The Kier molecular flexibility index (Phi) is 10.6. The van der Waals surface area contributed by atoms with Crippen LogP contribution in [0.1, 0.15) is 40.2 Å². The zero-order valence-corrected chi connectivity index (χ0v) is 20.5. The van der Waals surface area contributed by atoms with Crippen molar-refractivity contribution in [1.82, 2.24) is 0 Å².